The van der Waals surface area contributed by atoms with Gasteiger partial charge in [0.05, 0.1) is 28.3 Å². The fourth-order valence-electron chi connectivity index (χ4n) is 2.19. The van der Waals surface area contributed by atoms with E-state index in [1.807, 2.05) is 0 Å². The van der Waals surface area contributed by atoms with Crippen LogP contribution in [0, 0.1) is 0 Å². The standard InChI is InChI=1S/C13H13N3O5S3/c1-23(18,19)16-13-15-10-3-2-8(6-11(10)22-13)12(17)14-9-4-5-24(20,21)7-9/h2-6,9H,7H2,1H3,(H,14,17)(H,15,16)/t9-/m1/s1. The van der Waals surface area contributed by atoms with E-state index in [4.69, 9.17) is 0 Å². The molecule has 1 aliphatic heterocycles. The van der Waals surface area contributed by atoms with E-state index in [1.165, 1.54) is 6.08 Å². The minimum Gasteiger partial charge on any atom is -0.345 e. The molecular weight excluding hydrogens is 374 g/mol. The fraction of sp³-hybridized carbons (Fsp3) is 0.231. The molecule has 0 saturated heterocycles. The van der Waals surface area contributed by atoms with Crippen molar-refractivity contribution in [1.82, 2.24) is 10.3 Å². The molecule has 2 heterocycles. The van der Waals surface area contributed by atoms with Crippen molar-refractivity contribution in [2.24, 2.45) is 0 Å². The van der Waals surface area contributed by atoms with E-state index in [0.29, 0.717) is 15.8 Å². The summed E-state index contributed by atoms with van der Waals surface area (Å²) < 4.78 is 48.1. The first-order chi connectivity index (χ1) is 11.1. The number of anilines is 1. The molecule has 8 nitrogen and oxygen atoms in total. The molecule has 2 N–H and O–H groups in total. The maximum Gasteiger partial charge on any atom is 0.251 e. The molecule has 0 bridgehead atoms. The average Bonchev–Trinajstić information content (AvgIpc) is 2.98. The summed E-state index contributed by atoms with van der Waals surface area (Å²) in [7, 11) is -6.66. The van der Waals surface area contributed by atoms with Crippen molar-refractivity contribution >= 4 is 52.5 Å². The molecule has 128 valence electrons. The third-order valence-corrected chi connectivity index (χ3v) is 6.19. The monoisotopic (exact) mass is 387 g/mol. The Kier molecular flexibility index (Phi) is 4.10. The first-order valence-electron chi connectivity index (χ1n) is 6.71. The molecule has 1 aliphatic rings. The van der Waals surface area contributed by atoms with Crippen molar-refractivity contribution in [1.29, 1.82) is 0 Å². The predicted octanol–water partition coefficient (Wildman–Crippen LogP) is 0.708. The molecule has 1 aromatic carbocycles. The Hall–Kier alpha value is -1.98. The lowest BCUT2D eigenvalue weighted by molar-refractivity contribution is 0.0948. The second-order valence-electron chi connectivity index (χ2n) is 5.31. The average molecular weight is 387 g/mol. The molecule has 1 amide bonds. The van der Waals surface area contributed by atoms with Gasteiger partial charge in [0.1, 0.15) is 0 Å². The van der Waals surface area contributed by atoms with Crippen molar-refractivity contribution < 1.29 is 21.6 Å². The number of hydrogen-bond donors (Lipinski definition) is 2. The Balaban J connectivity index is 1.80. The van der Waals surface area contributed by atoms with Crippen LogP contribution < -0.4 is 10.0 Å². The Morgan fingerprint density at radius 3 is 2.75 bits per heavy atom. The highest BCUT2D eigenvalue weighted by Gasteiger charge is 2.23. The van der Waals surface area contributed by atoms with Gasteiger partial charge in [0.15, 0.2) is 15.0 Å². The van der Waals surface area contributed by atoms with Crippen LogP contribution in [-0.4, -0.2) is 45.8 Å². The zero-order valence-corrected chi connectivity index (χ0v) is 14.8. The number of sulfonamides is 1. The number of hydrogen-bond acceptors (Lipinski definition) is 7. The molecule has 0 unspecified atom stereocenters. The maximum absolute atomic E-state index is 12.2. The van der Waals surface area contributed by atoms with E-state index in [2.05, 4.69) is 15.0 Å². The van der Waals surface area contributed by atoms with Gasteiger partial charge < -0.3 is 5.32 Å². The summed E-state index contributed by atoms with van der Waals surface area (Å²) in [4.78, 5) is 16.4. The highest BCUT2D eigenvalue weighted by atomic mass is 32.2. The van der Waals surface area contributed by atoms with Gasteiger partial charge >= 0.3 is 0 Å². The van der Waals surface area contributed by atoms with E-state index >= 15 is 0 Å². The number of fused-ring (bicyclic) bond motifs is 1. The molecule has 0 fully saturated rings. The van der Waals surface area contributed by atoms with Crippen molar-refractivity contribution in [2.75, 3.05) is 16.7 Å². The maximum atomic E-state index is 12.2. The second-order valence-corrected chi connectivity index (χ2v) is 10.0. The first-order valence-corrected chi connectivity index (χ1v) is 11.1. The topological polar surface area (TPSA) is 122 Å². The molecular formula is C13H13N3O5S3. The molecule has 2 aromatic rings. The van der Waals surface area contributed by atoms with Gasteiger partial charge in [-0.1, -0.05) is 11.3 Å². The van der Waals surface area contributed by atoms with Gasteiger partial charge in [-0.15, -0.1) is 0 Å². The summed E-state index contributed by atoms with van der Waals surface area (Å²) >= 11 is 1.11. The zero-order valence-electron chi connectivity index (χ0n) is 12.4. The third-order valence-electron chi connectivity index (χ3n) is 3.17. The lowest BCUT2D eigenvalue weighted by atomic mass is 10.2. The number of nitrogens with one attached hydrogen (secondary N) is 2. The Labute approximate surface area is 142 Å². The number of aromatic nitrogens is 1. The van der Waals surface area contributed by atoms with Crippen molar-refractivity contribution in [3.8, 4) is 0 Å². The zero-order chi connectivity index (χ0) is 17.5. The van der Waals surface area contributed by atoms with Crippen LogP contribution in [0.5, 0.6) is 0 Å². The number of rotatable bonds is 4. The SMILES string of the molecule is CS(=O)(=O)Nc1nc2ccc(C(=O)N[C@@H]3C=CS(=O)(=O)C3)cc2s1. The van der Waals surface area contributed by atoms with Crippen LogP contribution in [0.2, 0.25) is 0 Å². The van der Waals surface area contributed by atoms with Crippen LogP contribution in [-0.2, 0) is 19.9 Å². The summed E-state index contributed by atoms with van der Waals surface area (Å²) in [5.74, 6) is -0.557. The number of sulfone groups is 1. The number of amides is 1. The van der Waals surface area contributed by atoms with Crippen molar-refractivity contribution in [3.05, 3.63) is 35.2 Å². The Morgan fingerprint density at radius 2 is 2.12 bits per heavy atom. The summed E-state index contributed by atoms with van der Waals surface area (Å²) in [6, 6.07) is 4.19. The van der Waals surface area contributed by atoms with Gasteiger partial charge in [-0.3, -0.25) is 9.52 Å². The van der Waals surface area contributed by atoms with Crippen LogP contribution in [0.25, 0.3) is 10.2 Å². The number of nitrogens with zero attached hydrogens (tertiary/aromatic N) is 1. The summed E-state index contributed by atoms with van der Waals surface area (Å²) in [5.41, 5.74) is 0.904. The summed E-state index contributed by atoms with van der Waals surface area (Å²) in [6.45, 7) is 0. The number of carbonyl (C=O) groups is 1. The Morgan fingerprint density at radius 1 is 1.38 bits per heavy atom. The van der Waals surface area contributed by atoms with Gasteiger partial charge in [-0.05, 0) is 24.3 Å². The minimum absolute atomic E-state index is 0.149. The molecule has 0 aliphatic carbocycles. The summed E-state index contributed by atoms with van der Waals surface area (Å²) in [5, 5.41) is 3.94. The molecule has 11 heteroatoms. The van der Waals surface area contributed by atoms with Crippen LogP contribution in [0.4, 0.5) is 5.13 Å². The van der Waals surface area contributed by atoms with Crippen LogP contribution in [0.1, 0.15) is 10.4 Å². The third kappa shape index (κ3) is 3.91. The highest BCUT2D eigenvalue weighted by Crippen LogP contribution is 2.27. The van der Waals surface area contributed by atoms with E-state index in [0.717, 1.165) is 23.0 Å². The summed E-state index contributed by atoms with van der Waals surface area (Å²) in [6.07, 6.45) is 2.47. The molecule has 1 aromatic heterocycles. The second kappa shape index (κ2) is 5.83. The van der Waals surface area contributed by atoms with Crippen LogP contribution in [0.15, 0.2) is 29.7 Å². The molecule has 0 saturated carbocycles. The minimum atomic E-state index is -3.42. The number of thiazole rings is 1. The van der Waals surface area contributed by atoms with E-state index in [1.54, 1.807) is 18.2 Å². The van der Waals surface area contributed by atoms with Crippen LogP contribution in [0.3, 0.4) is 0 Å². The van der Waals surface area contributed by atoms with E-state index < -0.39 is 31.8 Å². The van der Waals surface area contributed by atoms with Gasteiger partial charge in [-0.25, -0.2) is 21.8 Å². The molecule has 3 rings (SSSR count). The van der Waals surface area contributed by atoms with Crippen LogP contribution >= 0.6 is 11.3 Å². The number of benzene rings is 1. The fourth-order valence-corrected chi connectivity index (χ4v) is 5.16. The quantitative estimate of drug-likeness (QED) is 0.797. The number of carbonyl (C=O) groups excluding carboxylic acids is 1. The molecule has 0 spiro atoms. The first kappa shape index (κ1) is 16.9. The largest absolute Gasteiger partial charge is 0.345 e. The highest BCUT2D eigenvalue weighted by molar-refractivity contribution is 7.94. The smallest absolute Gasteiger partial charge is 0.251 e. The molecule has 1 atom stereocenters. The molecule has 0 radical (unpaired) electrons. The van der Waals surface area contributed by atoms with Gasteiger partial charge in [-0.2, -0.15) is 0 Å². The van der Waals surface area contributed by atoms with Crippen molar-refractivity contribution in [2.45, 2.75) is 6.04 Å². The van der Waals surface area contributed by atoms with Gasteiger partial charge in [0, 0.05) is 11.0 Å². The van der Waals surface area contributed by atoms with E-state index in [9.17, 15) is 21.6 Å². The normalized spacial score (nSPS) is 19.5. The van der Waals surface area contributed by atoms with Gasteiger partial charge in [0.2, 0.25) is 10.0 Å². The lowest BCUT2D eigenvalue weighted by Crippen LogP contribution is -2.35. The predicted molar refractivity (Wildman–Crippen MR) is 92.3 cm³/mol. The van der Waals surface area contributed by atoms with Gasteiger partial charge in [0.25, 0.3) is 5.91 Å². The van der Waals surface area contributed by atoms with E-state index in [-0.39, 0.29) is 10.9 Å². The lowest BCUT2D eigenvalue weighted by Gasteiger charge is -2.09. The Bertz CT molecular complexity index is 1050. The van der Waals surface area contributed by atoms with Crippen molar-refractivity contribution in [3.63, 3.8) is 0 Å². The molecule has 24 heavy (non-hydrogen) atoms.